The number of hydrogen-bond donors (Lipinski definition) is 1. The molecule has 1 nitrogen and oxygen atoms in total. The number of halogens is 2. The molecule has 0 saturated carbocycles. The second kappa shape index (κ2) is 6.21. The third-order valence-corrected chi connectivity index (χ3v) is 3.44. The molecule has 0 spiro atoms. The molecule has 0 aliphatic carbocycles. The first-order valence-corrected chi connectivity index (χ1v) is 6.17. The summed E-state index contributed by atoms with van der Waals surface area (Å²) >= 11 is 5.97. The zero-order valence-electron chi connectivity index (χ0n) is 9.84. The third-order valence-electron chi connectivity index (χ3n) is 3.11. The van der Waals surface area contributed by atoms with Crippen LogP contribution in [0, 0.1) is 11.7 Å². The highest BCUT2D eigenvalue weighted by Crippen LogP contribution is 2.30. The molecule has 1 rings (SSSR count). The molecule has 0 aliphatic rings. The fraction of sp³-hybridized carbons (Fsp3) is 0.538. The molecule has 1 aromatic rings. The van der Waals surface area contributed by atoms with Crippen LogP contribution in [0.25, 0.3) is 0 Å². The molecule has 2 N–H and O–H groups in total. The van der Waals surface area contributed by atoms with Gasteiger partial charge in [0.05, 0.1) is 0 Å². The maximum absolute atomic E-state index is 13.6. The molecule has 1 aromatic carbocycles. The second-order valence-corrected chi connectivity index (χ2v) is 4.57. The van der Waals surface area contributed by atoms with E-state index in [1.807, 2.05) is 0 Å². The van der Waals surface area contributed by atoms with Crippen molar-refractivity contribution in [3.8, 4) is 0 Å². The van der Waals surface area contributed by atoms with Crippen LogP contribution in [-0.2, 0) is 0 Å². The third kappa shape index (κ3) is 3.19. The molecule has 0 bridgehead atoms. The average molecular weight is 244 g/mol. The zero-order valence-corrected chi connectivity index (χ0v) is 10.6. The van der Waals surface area contributed by atoms with Crippen LogP contribution < -0.4 is 5.73 Å². The lowest BCUT2D eigenvalue weighted by Crippen LogP contribution is -2.16. The number of rotatable bonds is 5. The van der Waals surface area contributed by atoms with Gasteiger partial charge in [-0.2, -0.15) is 0 Å². The lowest BCUT2D eigenvalue weighted by Gasteiger charge is -2.19. The Labute approximate surface area is 102 Å². The first kappa shape index (κ1) is 13.5. The Balaban J connectivity index is 2.83. The predicted molar refractivity (Wildman–Crippen MR) is 67.0 cm³/mol. The van der Waals surface area contributed by atoms with Gasteiger partial charge in [-0.15, -0.1) is 0 Å². The molecule has 1 unspecified atom stereocenters. The van der Waals surface area contributed by atoms with Crippen LogP contribution in [0.4, 0.5) is 4.39 Å². The second-order valence-electron chi connectivity index (χ2n) is 4.16. The maximum atomic E-state index is 13.6. The van der Waals surface area contributed by atoms with E-state index in [2.05, 4.69) is 13.8 Å². The first-order chi connectivity index (χ1) is 7.60. The topological polar surface area (TPSA) is 26.0 Å². The van der Waals surface area contributed by atoms with Gasteiger partial charge in [-0.3, -0.25) is 0 Å². The fourth-order valence-corrected chi connectivity index (χ4v) is 2.27. The number of hydrogen-bond acceptors (Lipinski definition) is 1. The summed E-state index contributed by atoms with van der Waals surface area (Å²) in [4.78, 5) is 0. The monoisotopic (exact) mass is 243 g/mol. The van der Waals surface area contributed by atoms with E-state index < -0.39 is 0 Å². The predicted octanol–water partition coefficient (Wildman–Crippen LogP) is 4.31. The van der Waals surface area contributed by atoms with E-state index in [1.165, 1.54) is 6.07 Å². The Hall–Kier alpha value is -0.600. The lowest BCUT2D eigenvalue weighted by atomic mass is 9.91. The van der Waals surface area contributed by atoms with E-state index in [4.69, 9.17) is 17.3 Å². The summed E-state index contributed by atoms with van der Waals surface area (Å²) < 4.78 is 13.6. The summed E-state index contributed by atoms with van der Waals surface area (Å²) in [6, 6.07) is 4.39. The highest BCUT2D eigenvalue weighted by molar-refractivity contribution is 6.31. The van der Waals surface area contributed by atoms with Crippen molar-refractivity contribution < 1.29 is 4.39 Å². The molecule has 0 aliphatic heterocycles. The fourth-order valence-electron chi connectivity index (χ4n) is 1.96. The van der Waals surface area contributed by atoms with Gasteiger partial charge in [-0.1, -0.05) is 44.4 Å². The summed E-state index contributed by atoms with van der Waals surface area (Å²) in [5.74, 6) is 0.233. The largest absolute Gasteiger partial charge is 0.324 e. The zero-order chi connectivity index (χ0) is 12.1. The van der Waals surface area contributed by atoms with E-state index in [0.717, 1.165) is 19.3 Å². The van der Waals surface area contributed by atoms with Gasteiger partial charge in [0.1, 0.15) is 5.82 Å². The molecule has 16 heavy (non-hydrogen) atoms. The highest BCUT2D eigenvalue weighted by atomic mass is 35.5. The molecule has 0 saturated heterocycles. The molecule has 90 valence electrons. The van der Waals surface area contributed by atoms with Crippen LogP contribution in [-0.4, -0.2) is 0 Å². The average Bonchev–Trinajstić information content (AvgIpc) is 2.25. The molecule has 0 heterocycles. The minimum absolute atomic E-state index is 0.300. The molecule has 0 fully saturated rings. The van der Waals surface area contributed by atoms with Crippen molar-refractivity contribution in [3.63, 3.8) is 0 Å². The molecule has 1 atom stereocenters. The van der Waals surface area contributed by atoms with Gasteiger partial charge in [0.15, 0.2) is 0 Å². The Morgan fingerprint density at radius 1 is 1.31 bits per heavy atom. The Morgan fingerprint density at radius 2 is 1.94 bits per heavy atom. The summed E-state index contributed by atoms with van der Waals surface area (Å²) in [6.07, 6.45) is 2.92. The van der Waals surface area contributed by atoms with Crippen LogP contribution in [0.5, 0.6) is 0 Å². The highest BCUT2D eigenvalue weighted by Gasteiger charge is 2.18. The van der Waals surface area contributed by atoms with Crippen LogP contribution in [0.1, 0.15) is 44.7 Å². The minimum Gasteiger partial charge on any atom is -0.324 e. The molecular weight excluding hydrogens is 225 g/mol. The van der Waals surface area contributed by atoms with Crippen molar-refractivity contribution in [1.82, 2.24) is 0 Å². The van der Waals surface area contributed by atoms with Crippen molar-refractivity contribution in [2.75, 3.05) is 0 Å². The van der Waals surface area contributed by atoms with E-state index in [0.29, 0.717) is 16.5 Å². The molecular formula is C13H19ClFN. The standard InChI is InChI=1S/C13H19ClFN/c1-3-9(4-2)8-12(16)13-10(14)6-5-7-11(13)15/h5-7,9,12H,3-4,8,16H2,1-2H3. The van der Waals surface area contributed by atoms with Gasteiger partial charge in [0.2, 0.25) is 0 Å². The van der Waals surface area contributed by atoms with Crippen molar-refractivity contribution in [1.29, 1.82) is 0 Å². The van der Waals surface area contributed by atoms with Gasteiger partial charge in [0, 0.05) is 16.6 Å². The van der Waals surface area contributed by atoms with Crippen LogP contribution in [0.15, 0.2) is 18.2 Å². The van der Waals surface area contributed by atoms with Crippen LogP contribution >= 0.6 is 11.6 Å². The normalized spacial score (nSPS) is 13.1. The van der Waals surface area contributed by atoms with E-state index in [9.17, 15) is 4.39 Å². The van der Waals surface area contributed by atoms with Gasteiger partial charge in [-0.05, 0) is 24.5 Å². The van der Waals surface area contributed by atoms with Crippen molar-refractivity contribution in [2.24, 2.45) is 11.7 Å². The van der Waals surface area contributed by atoms with E-state index >= 15 is 0 Å². The minimum atomic E-state index is -0.307. The lowest BCUT2D eigenvalue weighted by molar-refractivity contribution is 0.407. The van der Waals surface area contributed by atoms with Crippen LogP contribution in [0.3, 0.4) is 0 Å². The van der Waals surface area contributed by atoms with Gasteiger partial charge in [0.25, 0.3) is 0 Å². The molecule has 0 amide bonds. The smallest absolute Gasteiger partial charge is 0.129 e. The maximum Gasteiger partial charge on any atom is 0.129 e. The summed E-state index contributed by atoms with van der Waals surface area (Å²) in [5.41, 5.74) is 6.48. The number of nitrogens with two attached hydrogens (primary N) is 1. The number of benzene rings is 1. The molecule has 0 aromatic heterocycles. The SMILES string of the molecule is CCC(CC)CC(N)c1c(F)cccc1Cl. The van der Waals surface area contributed by atoms with E-state index in [1.54, 1.807) is 12.1 Å². The first-order valence-electron chi connectivity index (χ1n) is 5.79. The quantitative estimate of drug-likeness (QED) is 0.820. The van der Waals surface area contributed by atoms with Crippen molar-refractivity contribution >= 4 is 11.6 Å². The Kier molecular flexibility index (Phi) is 5.23. The van der Waals surface area contributed by atoms with Gasteiger partial charge in [-0.25, -0.2) is 4.39 Å². The van der Waals surface area contributed by atoms with E-state index in [-0.39, 0.29) is 11.9 Å². The Morgan fingerprint density at radius 3 is 2.44 bits per heavy atom. The Bertz CT molecular complexity index is 316. The summed E-state index contributed by atoms with van der Waals surface area (Å²) in [5, 5.41) is 0.429. The van der Waals surface area contributed by atoms with Crippen molar-refractivity contribution in [2.45, 2.75) is 39.2 Å². The summed E-state index contributed by atoms with van der Waals surface area (Å²) in [7, 11) is 0. The van der Waals surface area contributed by atoms with Gasteiger partial charge < -0.3 is 5.73 Å². The van der Waals surface area contributed by atoms with Crippen molar-refractivity contribution in [3.05, 3.63) is 34.6 Å². The summed E-state index contributed by atoms with van der Waals surface area (Å²) in [6.45, 7) is 4.26. The molecule has 3 heteroatoms. The molecule has 0 radical (unpaired) electrons. The van der Waals surface area contributed by atoms with Gasteiger partial charge >= 0.3 is 0 Å². The van der Waals surface area contributed by atoms with Crippen LogP contribution in [0.2, 0.25) is 5.02 Å².